The Kier molecular flexibility index (Phi) is 5.53. The molecule has 24 heavy (non-hydrogen) atoms. The van der Waals surface area contributed by atoms with Gasteiger partial charge in [0.1, 0.15) is 11.5 Å². The van der Waals surface area contributed by atoms with Crippen molar-refractivity contribution < 1.29 is 22.7 Å². The summed E-state index contributed by atoms with van der Waals surface area (Å²) in [5.41, 5.74) is 0.264. The van der Waals surface area contributed by atoms with Gasteiger partial charge in [-0.1, -0.05) is 11.6 Å². The van der Waals surface area contributed by atoms with Crippen LogP contribution in [-0.4, -0.2) is 28.7 Å². The highest BCUT2D eigenvalue weighted by atomic mass is 35.5. The summed E-state index contributed by atoms with van der Waals surface area (Å²) < 4.78 is 36.4. The number of sulfonamides is 1. The predicted octanol–water partition coefficient (Wildman–Crippen LogP) is 2.87. The molecule has 0 spiro atoms. The molecule has 2 rings (SSSR count). The van der Waals surface area contributed by atoms with Crippen LogP contribution in [0.3, 0.4) is 0 Å². The minimum atomic E-state index is -4.02. The van der Waals surface area contributed by atoms with Gasteiger partial charge in [-0.15, -0.1) is 0 Å². The second-order valence-electron chi connectivity index (χ2n) is 4.58. The second kappa shape index (κ2) is 7.41. The predicted molar refractivity (Wildman–Crippen MR) is 90.3 cm³/mol. The summed E-state index contributed by atoms with van der Waals surface area (Å²) in [6, 6.07) is 9.23. The van der Waals surface area contributed by atoms with E-state index in [1.54, 1.807) is 12.1 Å². The number of nitrogens with one attached hydrogen (secondary N) is 2. The van der Waals surface area contributed by atoms with Crippen LogP contribution in [0.4, 0.5) is 10.5 Å². The SMILES string of the molecule is COc1ccc(OC)c(NC(=O)NS(=O)(=O)c2ccc(Cl)cc2)c1. The first-order valence-corrected chi connectivity index (χ1v) is 8.53. The molecule has 0 radical (unpaired) electrons. The standard InChI is InChI=1S/C15H15ClN2O5S/c1-22-11-5-8-14(23-2)13(9-11)17-15(19)18-24(20,21)12-6-3-10(16)4-7-12/h3-9H,1-2H3,(H2,17,18,19). The van der Waals surface area contributed by atoms with Gasteiger partial charge in [0.2, 0.25) is 0 Å². The minimum absolute atomic E-state index is 0.0837. The fourth-order valence-electron chi connectivity index (χ4n) is 1.85. The zero-order valence-corrected chi connectivity index (χ0v) is 14.4. The van der Waals surface area contributed by atoms with Gasteiger partial charge in [-0.2, -0.15) is 0 Å². The maximum atomic E-state index is 12.2. The molecule has 0 aromatic heterocycles. The van der Waals surface area contributed by atoms with Crippen LogP contribution >= 0.6 is 11.6 Å². The Morgan fingerprint density at radius 1 is 1.04 bits per heavy atom. The summed E-state index contributed by atoms with van der Waals surface area (Å²) in [5.74, 6) is 0.835. The lowest BCUT2D eigenvalue weighted by atomic mass is 10.2. The van der Waals surface area contributed by atoms with Crippen LogP contribution < -0.4 is 19.5 Å². The molecule has 0 saturated heterocycles. The lowest BCUT2D eigenvalue weighted by Crippen LogP contribution is -2.34. The number of methoxy groups -OCH3 is 2. The molecule has 0 aliphatic heterocycles. The number of rotatable bonds is 5. The Labute approximate surface area is 144 Å². The molecule has 2 aromatic rings. The molecule has 0 saturated carbocycles. The summed E-state index contributed by atoms with van der Waals surface area (Å²) in [6.45, 7) is 0. The second-order valence-corrected chi connectivity index (χ2v) is 6.70. The Morgan fingerprint density at radius 3 is 2.29 bits per heavy atom. The van der Waals surface area contributed by atoms with Crippen LogP contribution in [0.5, 0.6) is 11.5 Å². The van der Waals surface area contributed by atoms with Crippen molar-refractivity contribution >= 4 is 33.3 Å². The van der Waals surface area contributed by atoms with Crippen molar-refractivity contribution in [3.8, 4) is 11.5 Å². The third kappa shape index (κ3) is 4.30. The van der Waals surface area contributed by atoms with Crippen molar-refractivity contribution in [3.05, 3.63) is 47.5 Å². The number of halogens is 1. The highest BCUT2D eigenvalue weighted by Crippen LogP contribution is 2.28. The number of hydrogen-bond acceptors (Lipinski definition) is 5. The third-order valence-corrected chi connectivity index (χ3v) is 4.60. The molecule has 0 atom stereocenters. The molecule has 7 nitrogen and oxygen atoms in total. The van der Waals surface area contributed by atoms with Crippen molar-refractivity contribution in [2.45, 2.75) is 4.90 Å². The van der Waals surface area contributed by atoms with Gasteiger partial charge in [-0.05, 0) is 36.4 Å². The summed E-state index contributed by atoms with van der Waals surface area (Å²) in [6.07, 6.45) is 0. The molecule has 0 heterocycles. The number of anilines is 1. The van der Waals surface area contributed by atoms with Gasteiger partial charge in [-0.25, -0.2) is 17.9 Å². The molecule has 9 heteroatoms. The van der Waals surface area contributed by atoms with E-state index in [1.165, 1.54) is 44.6 Å². The molecule has 0 aliphatic rings. The Bertz CT molecular complexity index is 837. The summed E-state index contributed by atoms with van der Waals surface area (Å²) in [5, 5.41) is 2.80. The molecular weight excluding hydrogens is 356 g/mol. The van der Waals surface area contributed by atoms with Crippen molar-refractivity contribution in [2.75, 3.05) is 19.5 Å². The van der Waals surface area contributed by atoms with Gasteiger partial charge < -0.3 is 14.8 Å². The summed E-state index contributed by atoms with van der Waals surface area (Å²) in [7, 11) is -1.13. The average Bonchev–Trinajstić information content (AvgIpc) is 2.54. The summed E-state index contributed by atoms with van der Waals surface area (Å²) in [4.78, 5) is 11.9. The lowest BCUT2D eigenvalue weighted by Gasteiger charge is -2.12. The van der Waals surface area contributed by atoms with E-state index in [2.05, 4.69) is 5.32 Å². The summed E-state index contributed by atoms with van der Waals surface area (Å²) >= 11 is 5.72. The van der Waals surface area contributed by atoms with Gasteiger partial charge in [0, 0.05) is 11.1 Å². The normalized spacial score (nSPS) is 10.8. The van der Waals surface area contributed by atoms with E-state index in [0.717, 1.165) is 0 Å². The lowest BCUT2D eigenvalue weighted by molar-refractivity contribution is 0.256. The Hall–Kier alpha value is -2.45. The third-order valence-electron chi connectivity index (χ3n) is 3.01. The van der Waals surface area contributed by atoms with E-state index in [4.69, 9.17) is 21.1 Å². The highest BCUT2D eigenvalue weighted by molar-refractivity contribution is 7.90. The number of carbonyl (C=O) groups excluding carboxylic acids is 1. The van der Waals surface area contributed by atoms with Crippen LogP contribution in [0.25, 0.3) is 0 Å². The van der Waals surface area contributed by atoms with E-state index in [9.17, 15) is 13.2 Å². The van der Waals surface area contributed by atoms with Gasteiger partial charge in [0.25, 0.3) is 10.0 Å². The molecule has 0 fully saturated rings. The maximum Gasteiger partial charge on any atom is 0.333 e. The Balaban J connectivity index is 2.17. The zero-order valence-electron chi connectivity index (χ0n) is 12.9. The van der Waals surface area contributed by atoms with Crippen LogP contribution in [-0.2, 0) is 10.0 Å². The molecule has 0 bridgehead atoms. The number of ether oxygens (including phenoxy) is 2. The molecule has 0 aliphatic carbocycles. The van der Waals surface area contributed by atoms with E-state index in [-0.39, 0.29) is 10.6 Å². The van der Waals surface area contributed by atoms with E-state index in [1.807, 2.05) is 4.72 Å². The molecule has 2 N–H and O–H groups in total. The topological polar surface area (TPSA) is 93.7 Å². The first-order chi connectivity index (χ1) is 11.4. The molecule has 2 amide bonds. The molecule has 128 valence electrons. The molecule has 0 unspecified atom stereocenters. The van der Waals surface area contributed by atoms with Crippen molar-refractivity contribution in [3.63, 3.8) is 0 Å². The maximum absolute atomic E-state index is 12.2. The van der Waals surface area contributed by atoms with Gasteiger partial charge in [-0.3, -0.25) is 0 Å². The van der Waals surface area contributed by atoms with E-state index in [0.29, 0.717) is 16.5 Å². The van der Waals surface area contributed by atoms with Gasteiger partial charge in [0.05, 0.1) is 24.8 Å². The average molecular weight is 371 g/mol. The van der Waals surface area contributed by atoms with Crippen LogP contribution in [0.1, 0.15) is 0 Å². The number of benzene rings is 2. The van der Waals surface area contributed by atoms with Crippen molar-refractivity contribution in [1.29, 1.82) is 0 Å². The first kappa shape index (κ1) is 17.9. The highest BCUT2D eigenvalue weighted by Gasteiger charge is 2.18. The quantitative estimate of drug-likeness (QED) is 0.844. The monoisotopic (exact) mass is 370 g/mol. The van der Waals surface area contributed by atoms with Crippen LogP contribution in [0.2, 0.25) is 5.02 Å². The smallest absolute Gasteiger partial charge is 0.333 e. The molecule has 2 aromatic carbocycles. The van der Waals surface area contributed by atoms with Crippen LogP contribution in [0, 0.1) is 0 Å². The number of hydrogen-bond donors (Lipinski definition) is 2. The number of carbonyl (C=O) groups is 1. The minimum Gasteiger partial charge on any atom is -0.497 e. The number of urea groups is 1. The van der Waals surface area contributed by atoms with E-state index >= 15 is 0 Å². The van der Waals surface area contributed by atoms with Crippen molar-refractivity contribution in [1.82, 2.24) is 4.72 Å². The van der Waals surface area contributed by atoms with Gasteiger partial charge >= 0.3 is 6.03 Å². The van der Waals surface area contributed by atoms with E-state index < -0.39 is 16.1 Å². The van der Waals surface area contributed by atoms with Gasteiger partial charge in [0.15, 0.2) is 0 Å². The number of amides is 2. The van der Waals surface area contributed by atoms with Crippen molar-refractivity contribution in [2.24, 2.45) is 0 Å². The largest absolute Gasteiger partial charge is 0.497 e. The first-order valence-electron chi connectivity index (χ1n) is 6.67. The van der Waals surface area contributed by atoms with Crippen LogP contribution in [0.15, 0.2) is 47.4 Å². The Morgan fingerprint density at radius 2 is 1.71 bits per heavy atom. The fraction of sp³-hybridized carbons (Fsp3) is 0.133. The fourth-order valence-corrected chi connectivity index (χ4v) is 2.89. The zero-order chi connectivity index (χ0) is 17.7. The molecular formula is C15H15ClN2O5S.